The molecule has 0 bridgehead atoms. The molecule has 19 heavy (non-hydrogen) atoms. The third-order valence-corrected chi connectivity index (χ3v) is 4.57. The van der Waals surface area contributed by atoms with Crippen LogP contribution in [0, 0.1) is 11.3 Å². The normalized spacial score (nSPS) is 21.6. The van der Waals surface area contributed by atoms with Crippen LogP contribution in [0.1, 0.15) is 39.5 Å². The summed E-state index contributed by atoms with van der Waals surface area (Å²) in [6, 6.07) is 8.55. The highest BCUT2D eigenvalue weighted by molar-refractivity contribution is 5.94. The molecule has 0 spiro atoms. The first-order valence-electron chi connectivity index (χ1n) is 7.24. The monoisotopic (exact) mass is 258 g/mol. The van der Waals surface area contributed by atoms with Crippen LogP contribution in [-0.2, 0) is 4.79 Å². The lowest BCUT2D eigenvalue weighted by atomic mass is 10.0. The van der Waals surface area contributed by atoms with E-state index in [0.717, 1.165) is 24.2 Å². The molecule has 102 valence electrons. The van der Waals surface area contributed by atoms with E-state index in [1.807, 2.05) is 24.3 Å². The van der Waals surface area contributed by atoms with E-state index in [2.05, 4.69) is 24.5 Å². The van der Waals surface area contributed by atoms with Crippen molar-refractivity contribution >= 4 is 17.3 Å². The molecular formula is C16H22N2O. The van der Waals surface area contributed by atoms with Gasteiger partial charge in [-0.2, -0.15) is 0 Å². The van der Waals surface area contributed by atoms with E-state index < -0.39 is 0 Å². The average molecular weight is 258 g/mol. The van der Waals surface area contributed by atoms with Crippen LogP contribution >= 0.6 is 0 Å². The van der Waals surface area contributed by atoms with Gasteiger partial charge in [-0.25, -0.2) is 0 Å². The first-order chi connectivity index (χ1) is 9.07. The Labute approximate surface area is 114 Å². The van der Waals surface area contributed by atoms with Crippen LogP contribution in [0.25, 0.3) is 0 Å². The Morgan fingerprint density at radius 1 is 1.21 bits per heavy atom. The fourth-order valence-electron chi connectivity index (χ4n) is 2.29. The summed E-state index contributed by atoms with van der Waals surface area (Å²) in [5.41, 5.74) is 2.50. The summed E-state index contributed by atoms with van der Waals surface area (Å²) < 4.78 is 0. The first kappa shape index (κ1) is 12.5. The maximum atomic E-state index is 11.7. The summed E-state index contributed by atoms with van der Waals surface area (Å²) in [5.74, 6) is 0.423. The second-order valence-corrected chi connectivity index (χ2v) is 6.36. The predicted octanol–water partition coefficient (Wildman–Crippen LogP) is 3.64. The van der Waals surface area contributed by atoms with E-state index in [-0.39, 0.29) is 11.8 Å². The minimum absolute atomic E-state index is 0.166. The second kappa shape index (κ2) is 4.55. The standard InChI is InChI=1S/C16H22N2O/c1-11(16(2)9-10-16)17-13-5-7-14(8-6-13)18-15(19)12-3-4-12/h5-8,11-12,17H,3-4,9-10H2,1-2H3,(H,18,19). The summed E-state index contributed by atoms with van der Waals surface area (Å²) >= 11 is 0. The number of hydrogen-bond donors (Lipinski definition) is 2. The van der Waals surface area contributed by atoms with Crippen LogP contribution in [0.4, 0.5) is 11.4 Å². The van der Waals surface area contributed by atoms with Gasteiger partial charge in [-0.15, -0.1) is 0 Å². The Morgan fingerprint density at radius 2 is 1.79 bits per heavy atom. The highest BCUT2D eigenvalue weighted by atomic mass is 16.2. The quantitative estimate of drug-likeness (QED) is 0.846. The van der Waals surface area contributed by atoms with Gasteiger partial charge in [0.05, 0.1) is 0 Å². The zero-order chi connectivity index (χ0) is 13.5. The van der Waals surface area contributed by atoms with Crippen molar-refractivity contribution in [1.82, 2.24) is 0 Å². The maximum absolute atomic E-state index is 11.7. The van der Waals surface area contributed by atoms with Gasteiger partial charge in [-0.05, 0) is 62.3 Å². The number of anilines is 2. The number of rotatable bonds is 5. The van der Waals surface area contributed by atoms with Crippen LogP contribution in [-0.4, -0.2) is 11.9 Å². The second-order valence-electron chi connectivity index (χ2n) is 6.36. The van der Waals surface area contributed by atoms with Crippen molar-refractivity contribution in [3.63, 3.8) is 0 Å². The highest BCUT2D eigenvalue weighted by Crippen LogP contribution is 2.48. The molecule has 1 aromatic carbocycles. The molecule has 3 heteroatoms. The fourth-order valence-corrected chi connectivity index (χ4v) is 2.29. The molecule has 2 aliphatic carbocycles. The average Bonchev–Trinajstić information content (AvgIpc) is 3.25. The number of carbonyl (C=O) groups is 1. The summed E-state index contributed by atoms with van der Waals surface area (Å²) in [4.78, 5) is 11.7. The predicted molar refractivity (Wildman–Crippen MR) is 78.2 cm³/mol. The van der Waals surface area contributed by atoms with Crippen molar-refractivity contribution in [2.75, 3.05) is 10.6 Å². The molecule has 1 atom stereocenters. The molecule has 0 saturated heterocycles. The summed E-state index contributed by atoms with van der Waals surface area (Å²) in [5, 5.41) is 6.51. The third kappa shape index (κ3) is 2.91. The van der Waals surface area contributed by atoms with Crippen molar-refractivity contribution in [1.29, 1.82) is 0 Å². The molecule has 0 aliphatic heterocycles. The van der Waals surface area contributed by atoms with E-state index in [1.54, 1.807) is 0 Å². The molecule has 1 aromatic rings. The lowest BCUT2D eigenvalue weighted by molar-refractivity contribution is -0.117. The largest absolute Gasteiger partial charge is 0.382 e. The van der Waals surface area contributed by atoms with Crippen LogP contribution < -0.4 is 10.6 Å². The minimum Gasteiger partial charge on any atom is -0.382 e. The third-order valence-electron chi connectivity index (χ3n) is 4.57. The van der Waals surface area contributed by atoms with Gasteiger partial charge in [-0.1, -0.05) is 6.92 Å². The van der Waals surface area contributed by atoms with Gasteiger partial charge in [-0.3, -0.25) is 4.79 Å². The molecule has 0 radical (unpaired) electrons. The van der Waals surface area contributed by atoms with E-state index >= 15 is 0 Å². The van der Waals surface area contributed by atoms with Gasteiger partial charge in [0.25, 0.3) is 0 Å². The molecule has 1 amide bonds. The summed E-state index contributed by atoms with van der Waals surface area (Å²) in [7, 11) is 0. The van der Waals surface area contributed by atoms with E-state index in [9.17, 15) is 4.79 Å². The highest BCUT2D eigenvalue weighted by Gasteiger charge is 2.42. The molecule has 1 unspecified atom stereocenters. The molecule has 2 saturated carbocycles. The lowest BCUT2D eigenvalue weighted by Crippen LogP contribution is -2.24. The minimum atomic E-state index is 0.166. The van der Waals surface area contributed by atoms with Crippen molar-refractivity contribution < 1.29 is 4.79 Å². The molecule has 3 nitrogen and oxygen atoms in total. The smallest absolute Gasteiger partial charge is 0.227 e. The Balaban J connectivity index is 1.57. The number of benzene rings is 1. The van der Waals surface area contributed by atoms with Gasteiger partial charge in [0.2, 0.25) is 5.91 Å². The van der Waals surface area contributed by atoms with Crippen LogP contribution in [0.5, 0.6) is 0 Å². The van der Waals surface area contributed by atoms with Crippen molar-refractivity contribution in [3.05, 3.63) is 24.3 Å². The molecule has 2 N–H and O–H groups in total. The summed E-state index contributed by atoms with van der Waals surface area (Å²) in [6.45, 7) is 4.57. The zero-order valence-electron chi connectivity index (χ0n) is 11.7. The van der Waals surface area contributed by atoms with Crippen molar-refractivity contribution in [2.24, 2.45) is 11.3 Å². The van der Waals surface area contributed by atoms with Crippen LogP contribution in [0.3, 0.4) is 0 Å². The van der Waals surface area contributed by atoms with Crippen molar-refractivity contribution in [2.45, 2.75) is 45.6 Å². The van der Waals surface area contributed by atoms with Gasteiger partial charge in [0.15, 0.2) is 0 Å². The summed E-state index contributed by atoms with van der Waals surface area (Å²) in [6.07, 6.45) is 4.72. The Kier molecular flexibility index (Phi) is 3.00. The van der Waals surface area contributed by atoms with E-state index in [4.69, 9.17) is 0 Å². The fraction of sp³-hybridized carbons (Fsp3) is 0.562. The number of carbonyl (C=O) groups excluding carboxylic acids is 1. The van der Waals surface area contributed by atoms with Crippen LogP contribution in [0.15, 0.2) is 24.3 Å². The number of nitrogens with one attached hydrogen (secondary N) is 2. The molecule has 3 rings (SSSR count). The molecule has 2 fully saturated rings. The lowest BCUT2D eigenvalue weighted by Gasteiger charge is -2.21. The Hall–Kier alpha value is -1.51. The zero-order valence-corrected chi connectivity index (χ0v) is 11.7. The maximum Gasteiger partial charge on any atom is 0.227 e. The molecule has 0 aromatic heterocycles. The van der Waals surface area contributed by atoms with Gasteiger partial charge < -0.3 is 10.6 Å². The van der Waals surface area contributed by atoms with Crippen LogP contribution in [0.2, 0.25) is 0 Å². The molecule has 0 heterocycles. The van der Waals surface area contributed by atoms with Crippen molar-refractivity contribution in [3.8, 4) is 0 Å². The Morgan fingerprint density at radius 3 is 2.32 bits per heavy atom. The van der Waals surface area contributed by atoms with E-state index in [1.165, 1.54) is 12.8 Å². The molecule has 2 aliphatic rings. The van der Waals surface area contributed by atoms with Gasteiger partial charge in [0.1, 0.15) is 0 Å². The van der Waals surface area contributed by atoms with E-state index in [0.29, 0.717) is 11.5 Å². The Bertz CT molecular complexity index is 472. The van der Waals surface area contributed by atoms with Gasteiger partial charge >= 0.3 is 0 Å². The number of hydrogen-bond acceptors (Lipinski definition) is 2. The van der Waals surface area contributed by atoms with Gasteiger partial charge in [0, 0.05) is 23.3 Å². The first-order valence-corrected chi connectivity index (χ1v) is 7.24. The molecular weight excluding hydrogens is 236 g/mol. The topological polar surface area (TPSA) is 41.1 Å². The number of amides is 1. The SMILES string of the molecule is CC(Nc1ccc(NC(=O)C2CC2)cc1)C1(C)CC1.